The van der Waals surface area contributed by atoms with Crippen molar-refractivity contribution in [3.8, 4) is 5.75 Å². The molecule has 0 saturated heterocycles. The lowest BCUT2D eigenvalue weighted by molar-refractivity contribution is 0.0371. The fourth-order valence-electron chi connectivity index (χ4n) is 4.22. The van der Waals surface area contributed by atoms with Crippen molar-refractivity contribution in [2.75, 3.05) is 36.8 Å². The van der Waals surface area contributed by atoms with Crippen LogP contribution in [0.15, 0.2) is 70.3 Å². The first kappa shape index (κ1) is 28.4. The van der Waals surface area contributed by atoms with Crippen molar-refractivity contribution in [3.05, 3.63) is 71.6 Å². The van der Waals surface area contributed by atoms with Crippen molar-refractivity contribution in [2.24, 2.45) is 5.92 Å². The molecule has 10 nitrogen and oxygen atoms in total. The first-order valence-corrected chi connectivity index (χ1v) is 14.8. The van der Waals surface area contributed by atoms with E-state index >= 15 is 0 Å². The molecule has 0 unspecified atom stereocenters. The van der Waals surface area contributed by atoms with E-state index in [-0.39, 0.29) is 58.8 Å². The van der Waals surface area contributed by atoms with Gasteiger partial charge in [0.25, 0.3) is 15.9 Å². The quantitative estimate of drug-likeness (QED) is 0.375. The van der Waals surface area contributed by atoms with Crippen LogP contribution < -0.4 is 14.8 Å². The Kier molecular flexibility index (Phi) is 8.78. The number of nitrogens with zero attached hydrogens (tertiary/aromatic N) is 2. The zero-order valence-electron chi connectivity index (χ0n) is 21.9. The molecular formula is C27H32N4O6S2. The summed E-state index contributed by atoms with van der Waals surface area (Å²) in [5.41, 5.74) is 1.03. The molecule has 1 aliphatic heterocycles. The highest BCUT2D eigenvalue weighted by atomic mass is 32.2. The third kappa shape index (κ3) is 6.70. The van der Waals surface area contributed by atoms with Crippen molar-refractivity contribution in [3.63, 3.8) is 0 Å². The number of sulfonamides is 1. The van der Waals surface area contributed by atoms with E-state index in [1.165, 1.54) is 23.1 Å². The fraction of sp³-hybridized carbons (Fsp3) is 0.333. The van der Waals surface area contributed by atoms with Crippen molar-refractivity contribution < 1.29 is 27.9 Å². The SMILES string of the molecule is C[C@@H]1CN([C@H](C)CO)C(=O)c2cc(NS(=O)(=O)c3cccs3)ccc2O[C@H]1CN(C)C(=O)Nc1ccccc1. The average Bonchev–Trinajstić information content (AvgIpc) is 3.47. The maximum Gasteiger partial charge on any atom is 0.321 e. The van der Waals surface area contributed by atoms with Crippen LogP contribution in [-0.2, 0) is 10.0 Å². The minimum absolute atomic E-state index is 0.151. The van der Waals surface area contributed by atoms with Crippen LogP contribution in [0.2, 0.25) is 0 Å². The summed E-state index contributed by atoms with van der Waals surface area (Å²) in [6.07, 6.45) is -0.495. The van der Waals surface area contributed by atoms with Gasteiger partial charge < -0.3 is 25.0 Å². The number of hydrogen-bond acceptors (Lipinski definition) is 7. The number of amides is 3. The van der Waals surface area contributed by atoms with Crippen LogP contribution in [0.3, 0.4) is 0 Å². The monoisotopic (exact) mass is 572 g/mol. The van der Waals surface area contributed by atoms with Gasteiger partial charge >= 0.3 is 6.03 Å². The lowest BCUT2D eigenvalue weighted by Gasteiger charge is -2.38. The zero-order chi connectivity index (χ0) is 28.2. The minimum atomic E-state index is -3.82. The Labute approximate surface area is 232 Å². The van der Waals surface area contributed by atoms with Gasteiger partial charge in [-0.2, -0.15) is 0 Å². The Morgan fingerprint density at radius 1 is 1.18 bits per heavy atom. The summed E-state index contributed by atoms with van der Waals surface area (Å²) >= 11 is 1.09. The largest absolute Gasteiger partial charge is 0.487 e. The van der Waals surface area contributed by atoms with Gasteiger partial charge in [0.05, 0.1) is 24.8 Å². The van der Waals surface area contributed by atoms with Gasteiger partial charge in [-0.05, 0) is 48.7 Å². The van der Waals surface area contributed by atoms with Crippen molar-refractivity contribution in [2.45, 2.75) is 30.2 Å². The minimum Gasteiger partial charge on any atom is -0.487 e. The normalized spacial score (nSPS) is 18.3. The molecule has 3 atom stereocenters. The van der Waals surface area contributed by atoms with Crippen LogP contribution in [0.1, 0.15) is 24.2 Å². The molecule has 2 aromatic carbocycles. The van der Waals surface area contributed by atoms with E-state index in [4.69, 9.17) is 4.74 Å². The van der Waals surface area contributed by atoms with Crippen molar-refractivity contribution >= 4 is 44.7 Å². The molecule has 39 heavy (non-hydrogen) atoms. The number of benzene rings is 2. The topological polar surface area (TPSA) is 128 Å². The lowest BCUT2D eigenvalue weighted by atomic mass is 9.99. The molecule has 3 amide bonds. The Morgan fingerprint density at radius 3 is 2.59 bits per heavy atom. The van der Waals surface area contributed by atoms with Gasteiger partial charge in [-0.3, -0.25) is 9.52 Å². The Hall–Kier alpha value is -3.61. The number of aliphatic hydroxyl groups excluding tert-OH is 1. The van der Waals surface area contributed by atoms with E-state index in [1.54, 1.807) is 48.5 Å². The summed E-state index contributed by atoms with van der Waals surface area (Å²) in [7, 11) is -2.16. The summed E-state index contributed by atoms with van der Waals surface area (Å²) < 4.78 is 34.5. The Morgan fingerprint density at radius 2 is 1.92 bits per heavy atom. The first-order valence-electron chi connectivity index (χ1n) is 12.4. The number of likely N-dealkylation sites (N-methyl/N-ethyl adjacent to an activating group) is 1. The summed E-state index contributed by atoms with van der Waals surface area (Å²) in [5.74, 6) is -0.313. The van der Waals surface area contributed by atoms with E-state index in [0.29, 0.717) is 5.69 Å². The molecular weight excluding hydrogens is 540 g/mol. The number of rotatable bonds is 8. The van der Waals surface area contributed by atoms with E-state index in [1.807, 2.05) is 25.1 Å². The molecule has 208 valence electrons. The zero-order valence-corrected chi connectivity index (χ0v) is 23.5. The number of hydrogen-bond donors (Lipinski definition) is 3. The number of aliphatic hydroxyl groups is 1. The molecule has 0 aliphatic carbocycles. The van der Waals surface area contributed by atoms with E-state index < -0.39 is 22.2 Å². The molecule has 3 N–H and O–H groups in total. The van der Waals surface area contributed by atoms with Gasteiger partial charge in [0.1, 0.15) is 16.1 Å². The first-order chi connectivity index (χ1) is 18.6. The molecule has 0 bridgehead atoms. The Bertz CT molecular complexity index is 1400. The smallest absolute Gasteiger partial charge is 0.321 e. The summed E-state index contributed by atoms with van der Waals surface area (Å²) in [5, 5.41) is 14.4. The van der Waals surface area contributed by atoms with Crippen LogP contribution >= 0.6 is 11.3 Å². The highest BCUT2D eigenvalue weighted by Gasteiger charge is 2.34. The Balaban J connectivity index is 1.61. The molecule has 3 aromatic rings. The van der Waals surface area contributed by atoms with Gasteiger partial charge in [0, 0.05) is 30.9 Å². The highest BCUT2D eigenvalue weighted by molar-refractivity contribution is 7.94. The molecule has 1 aromatic heterocycles. The van der Waals surface area contributed by atoms with Crippen LogP contribution in [-0.4, -0.2) is 74.2 Å². The molecule has 0 fully saturated rings. The number of nitrogens with one attached hydrogen (secondary N) is 2. The third-order valence-corrected chi connectivity index (χ3v) is 9.28. The van der Waals surface area contributed by atoms with Gasteiger partial charge in [-0.25, -0.2) is 13.2 Å². The number of urea groups is 1. The second-order valence-electron chi connectivity index (χ2n) is 9.55. The van der Waals surface area contributed by atoms with Crippen LogP contribution in [0.5, 0.6) is 5.75 Å². The van der Waals surface area contributed by atoms with Crippen molar-refractivity contribution in [1.82, 2.24) is 9.80 Å². The third-order valence-electron chi connectivity index (χ3n) is 6.50. The number of para-hydroxylation sites is 1. The maximum atomic E-state index is 13.6. The molecule has 0 saturated carbocycles. The maximum absolute atomic E-state index is 13.6. The number of ether oxygens (including phenoxy) is 1. The molecule has 0 radical (unpaired) electrons. The fourth-order valence-corrected chi connectivity index (χ4v) is 6.26. The summed E-state index contributed by atoms with van der Waals surface area (Å²) in [6, 6.07) is 16.0. The second kappa shape index (κ2) is 12.1. The predicted molar refractivity (Wildman–Crippen MR) is 151 cm³/mol. The van der Waals surface area contributed by atoms with E-state index in [9.17, 15) is 23.1 Å². The highest BCUT2D eigenvalue weighted by Crippen LogP contribution is 2.32. The van der Waals surface area contributed by atoms with E-state index in [2.05, 4.69) is 10.0 Å². The van der Waals surface area contributed by atoms with Crippen molar-refractivity contribution in [1.29, 1.82) is 0 Å². The summed E-state index contributed by atoms with van der Waals surface area (Å²) in [4.78, 5) is 29.5. The number of carbonyl (C=O) groups excluding carboxylic acids is 2. The lowest BCUT2D eigenvalue weighted by Crippen LogP contribution is -2.50. The molecule has 4 rings (SSSR count). The number of carbonyl (C=O) groups is 2. The summed E-state index contributed by atoms with van der Waals surface area (Å²) in [6.45, 7) is 3.91. The standard InChI is InChI=1S/C27H32N4O6S2/c1-18-15-31(19(2)17-32)26(33)22-14-21(29-39(35,36)25-10-7-13-38-25)11-12-23(22)37-24(18)16-30(3)27(34)28-20-8-5-4-6-9-20/h4-14,18-19,24,29,32H,15-17H2,1-3H3,(H,28,34)/t18-,19-,24+/m1/s1. The van der Waals surface area contributed by atoms with Gasteiger partial charge in [-0.1, -0.05) is 31.2 Å². The predicted octanol–water partition coefficient (Wildman–Crippen LogP) is 3.93. The second-order valence-corrected chi connectivity index (χ2v) is 12.4. The number of fused-ring (bicyclic) bond motifs is 1. The van der Waals surface area contributed by atoms with Gasteiger partial charge in [0.15, 0.2) is 0 Å². The van der Waals surface area contributed by atoms with Gasteiger partial charge in [0.2, 0.25) is 0 Å². The van der Waals surface area contributed by atoms with Crippen LogP contribution in [0.25, 0.3) is 0 Å². The molecule has 12 heteroatoms. The van der Waals surface area contributed by atoms with Crippen LogP contribution in [0, 0.1) is 5.92 Å². The van der Waals surface area contributed by atoms with Crippen LogP contribution in [0.4, 0.5) is 16.2 Å². The number of anilines is 2. The molecule has 1 aliphatic rings. The average molecular weight is 573 g/mol. The number of thiophene rings is 1. The van der Waals surface area contributed by atoms with E-state index in [0.717, 1.165) is 11.3 Å². The molecule has 0 spiro atoms. The van der Waals surface area contributed by atoms with Gasteiger partial charge in [-0.15, -0.1) is 11.3 Å². The molecule has 2 heterocycles.